The zero-order valence-electron chi connectivity index (χ0n) is 11.4. The van der Waals surface area contributed by atoms with Crippen LogP contribution in [0.15, 0.2) is 24.3 Å². The Balaban J connectivity index is 1.60. The Labute approximate surface area is 115 Å². The van der Waals surface area contributed by atoms with Crippen molar-refractivity contribution < 1.29 is 9.53 Å². The Morgan fingerprint density at radius 2 is 2.05 bits per heavy atom. The van der Waals surface area contributed by atoms with Crippen molar-refractivity contribution in [1.29, 1.82) is 0 Å². The lowest BCUT2D eigenvalue weighted by Gasteiger charge is -2.08. The summed E-state index contributed by atoms with van der Waals surface area (Å²) in [5, 5.41) is 0. The van der Waals surface area contributed by atoms with Crippen molar-refractivity contribution >= 4 is 11.5 Å². The molecule has 0 saturated carbocycles. The number of rotatable bonds is 7. The Hall–Kier alpha value is -1.35. The van der Waals surface area contributed by atoms with Gasteiger partial charge in [-0.25, -0.2) is 0 Å². The molecule has 1 fully saturated rings. The van der Waals surface area contributed by atoms with E-state index in [1.807, 2.05) is 24.3 Å². The first kappa shape index (κ1) is 14.1. The Kier molecular flexibility index (Phi) is 5.40. The molecule has 0 aliphatic carbocycles. The third kappa shape index (κ3) is 5.03. The van der Waals surface area contributed by atoms with Crippen LogP contribution in [0.5, 0.6) is 0 Å². The smallest absolute Gasteiger partial charge is 0.133 e. The number of anilines is 1. The molecule has 0 bridgehead atoms. The molecule has 1 aromatic rings. The molecule has 2 rings (SSSR count). The molecule has 1 unspecified atom stereocenters. The van der Waals surface area contributed by atoms with Gasteiger partial charge in [-0.15, -0.1) is 0 Å². The summed E-state index contributed by atoms with van der Waals surface area (Å²) < 4.78 is 5.55. The number of benzene rings is 1. The molecule has 19 heavy (non-hydrogen) atoms. The summed E-state index contributed by atoms with van der Waals surface area (Å²) in [5.74, 6) is 0.356. The lowest BCUT2D eigenvalue weighted by Crippen LogP contribution is -2.07. The van der Waals surface area contributed by atoms with E-state index in [9.17, 15) is 4.79 Å². The van der Waals surface area contributed by atoms with Gasteiger partial charge < -0.3 is 10.5 Å². The van der Waals surface area contributed by atoms with Crippen molar-refractivity contribution in [3.63, 3.8) is 0 Å². The number of Topliss-reactive ketones (excluding diaryl/α,β-unsaturated/α-hetero) is 1. The molecule has 1 saturated heterocycles. The van der Waals surface area contributed by atoms with Gasteiger partial charge in [0.05, 0.1) is 6.10 Å². The minimum Gasteiger partial charge on any atom is -0.399 e. The van der Waals surface area contributed by atoms with Crippen LogP contribution >= 0.6 is 0 Å². The molecule has 0 amide bonds. The number of nitrogens with two attached hydrogens (primary N) is 1. The fourth-order valence-corrected chi connectivity index (χ4v) is 2.49. The number of hydrogen-bond acceptors (Lipinski definition) is 3. The second kappa shape index (κ2) is 7.29. The van der Waals surface area contributed by atoms with E-state index in [2.05, 4.69) is 0 Å². The van der Waals surface area contributed by atoms with E-state index in [4.69, 9.17) is 10.5 Å². The molecular formula is C16H23NO2. The normalized spacial score (nSPS) is 18.6. The highest BCUT2D eigenvalue weighted by molar-refractivity contribution is 5.78. The maximum Gasteiger partial charge on any atom is 0.133 e. The fraction of sp³-hybridized carbons (Fsp3) is 0.562. The fourth-order valence-electron chi connectivity index (χ4n) is 2.49. The zero-order valence-corrected chi connectivity index (χ0v) is 11.4. The van der Waals surface area contributed by atoms with Gasteiger partial charge in [-0.1, -0.05) is 12.1 Å². The summed E-state index contributed by atoms with van der Waals surface area (Å²) in [5.41, 5.74) is 7.58. The number of carbonyl (C=O) groups is 1. The SMILES string of the molecule is Nc1ccc(CCC(=O)CCCC2CCCO2)cc1. The summed E-state index contributed by atoms with van der Waals surface area (Å²) in [7, 11) is 0. The van der Waals surface area contributed by atoms with Crippen LogP contribution in [0.25, 0.3) is 0 Å². The molecule has 1 aliphatic heterocycles. The lowest BCUT2D eigenvalue weighted by molar-refractivity contribution is -0.119. The second-order valence-electron chi connectivity index (χ2n) is 5.31. The predicted molar refractivity (Wildman–Crippen MR) is 77.0 cm³/mol. The van der Waals surface area contributed by atoms with Gasteiger partial charge in [0.25, 0.3) is 0 Å². The van der Waals surface area contributed by atoms with Crippen LogP contribution in [0, 0.1) is 0 Å². The molecule has 104 valence electrons. The third-order valence-corrected chi connectivity index (χ3v) is 3.68. The molecule has 0 aromatic heterocycles. The van der Waals surface area contributed by atoms with E-state index in [1.165, 1.54) is 18.4 Å². The van der Waals surface area contributed by atoms with E-state index in [0.29, 0.717) is 24.7 Å². The first-order chi connectivity index (χ1) is 9.24. The maximum atomic E-state index is 11.8. The van der Waals surface area contributed by atoms with Gasteiger partial charge in [0.1, 0.15) is 5.78 Å². The van der Waals surface area contributed by atoms with E-state index in [0.717, 1.165) is 31.6 Å². The molecule has 0 radical (unpaired) electrons. The van der Waals surface area contributed by atoms with E-state index in [-0.39, 0.29) is 0 Å². The first-order valence-corrected chi connectivity index (χ1v) is 7.22. The number of ether oxygens (including phenoxy) is 1. The van der Waals surface area contributed by atoms with Gasteiger partial charge in [0.2, 0.25) is 0 Å². The van der Waals surface area contributed by atoms with Crippen molar-refractivity contribution in [2.45, 2.75) is 51.0 Å². The third-order valence-electron chi connectivity index (χ3n) is 3.68. The zero-order chi connectivity index (χ0) is 13.5. The van der Waals surface area contributed by atoms with Crippen LogP contribution in [-0.4, -0.2) is 18.5 Å². The number of hydrogen-bond donors (Lipinski definition) is 1. The monoisotopic (exact) mass is 261 g/mol. The average Bonchev–Trinajstić information content (AvgIpc) is 2.91. The molecular weight excluding hydrogens is 238 g/mol. The summed E-state index contributed by atoms with van der Waals surface area (Å²) in [6.45, 7) is 0.899. The summed E-state index contributed by atoms with van der Waals surface area (Å²) in [6.07, 6.45) is 6.89. The van der Waals surface area contributed by atoms with Gasteiger partial charge in [0, 0.05) is 25.1 Å². The van der Waals surface area contributed by atoms with Crippen LogP contribution < -0.4 is 5.73 Å². The largest absolute Gasteiger partial charge is 0.399 e. The van der Waals surface area contributed by atoms with Crippen LogP contribution in [0.4, 0.5) is 5.69 Å². The standard InChI is InChI=1S/C16H23NO2/c17-14-9-6-13(7-10-14)8-11-15(18)3-1-4-16-5-2-12-19-16/h6-7,9-10,16H,1-5,8,11-12,17H2. The average molecular weight is 261 g/mol. The van der Waals surface area contributed by atoms with Crippen molar-refractivity contribution in [3.8, 4) is 0 Å². The van der Waals surface area contributed by atoms with E-state index < -0.39 is 0 Å². The molecule has 1 aliphatic rings. The quantitative estimate of drug-likeness (QED) is 0.767. The Bertz CT molecular complexity index is 394. The minimum atomic E-state index is 0.356. The number of ketones is 1. The van der Waals surface area contributed by atoms with Gasteiger partial charge in [-0.05, 0) is 49.8 Å². The van der Waals surface area contributed by atoms with Gasteiger partial charge in [0.15, 0.2) is 0 Å². The highest BCUT2D eigenvalue weighted by Gasteiger charge is 2.15. The van der Waals surface area contributed by atoms with E-state index >= 15 is 0 Å². The summed E-state index contributed by atoms with van der Waals surface area (Å²) >= 11 is 0. The van der Waals surface area contributed by atoms with Crippen LogP contribution in [0.2, 0.25) is 0 Å². The summed E-state index contributed by atoms with van der Waals surface area (Å²) in [6, 6.07) is 7.76. The van der Waals surface area contributed by atoms with Gasteiger partial charge >= 0.3 is 0 Å². The second-order valence-corrected chi connectivity index (χ2v) is 5.31. The maximum absolute atomic E-state index is 11.8. The summed E-state index contributed by atoms with van der Waals surface area (Å²) in [4.78, 5) is 11.8. The van der Waals surface area contributed by atoms with Crippen molar-refractivity contribution in [2.75, 3.05) is 12.3 Å². The number of aryl methyl sites for hydroxylation is 1. The molecule has 1 aromatic carbocycles. The molecule has 0 spiro atoms. The lowest BCUT2D eigenvalue weighted by atomic mass is 10.0. The molecule has 3 heteroatoms. The number of carbonyl (C=O) groups excluding carboxylic acids is 1. The van der Waals surface area contributed by atoms with Gasteiger partial charge in [-0.3, -0.25) is 4.79 Å². The minimum absolute atomic E-state index is 0.356. The molecule has 1 atom stereocenters. The van der Waals surface area contributed by atoms with Crippen LogP contribution in [-0.2, 0) is 16.0 Å². The van der Waals surface area contributed by atoms with E-state index in [1.54, 1.807) is 0 Å². The van der Waals surface area contributed by atoms with Crippen molar-refractivity contribution in [1.82, 2.24) is 0 Å². The highest BCUT2D eigenvalue weighted by atomic mass is 16.5. The predicted octanol–water partition coefficient (Wildman–Crippen LogP) is 3.12. The van der Waals surface area contributed by atoms with Gasteiger partial charge in [-0.2, -0.15) is 0 Å². The topological polar surface area (TPSA) is 52.3 Å². The molecule has 3 nitrogen and oxygen atoms in total. The molecule has 1 heterocycles. The Morgan fingerprint density at radius 1 is 1.26 bits per heavy atom. The first-order valence-electron chi connectivity index (χ1n) is 7.22. The molecule has 2 N–H and O–H groups in total. The van der Waals surface area contributed by atoms with Crippen molar-refractivity contribution in [2.24, 2.45) is 0 Å². The highest BCUT2D eigenvalue weighted by Crippen LogP contribution is 2.18. The van der Waals surface area contributed by atoms with Crippen LogP contribution in [0.1, 0.15) is 44.1 Å². The number of nitrogen functional groups attached to an aromatic ring is 1. The van der Waals surface area contributed by atoms with Crippen LogP contribution in [0.3, 0.4) is 0 Å². The Morgan fingerprint density at radius 3 is 2.74 bits per heavy atom. The van der Waals surface area contributed by atoms with Crippen molar-refractivity contribution in [3.05, 3.63) is 29.8 Å².